The molecule has 0 radical (unpaired) electrons. The van der Waals surface area contributed by atoms with E-state index in [9.17, 15) is 9.59 Å². The van der Waals surface area contributed by atoms with E-state index in [2.05, 4.69) is 5.32 Å². The average Bonchev–Trinajstić information content (AvgIpc) is 3.16. The summed E-state index contributed by atoms with van der Waals surface area (Å²) < 4.78 is 16.5. The second-order valence-electron chi connectivity index (χ2n) is 6.65. The molecule has 4 aromatic rings. The van der Waals surface area contributed by atoms with Crippen LogP contribution in [0, 0.1) is 0 Å². The lowest BCUT2D eigenvalue weighted by molar-refractivity contribution is -0.118. The molecule has 6 nitrogen and oxygen atoms in total. The number of rotatable bonds is 7. The fourth-order valence-electron chi connectivity index (χ4n) is 3.08. The van der Waals surface area contributed by atoms with Gasteiger partial charge >= 0.3 is 0 Å². The summed E-state index contributed by atoms with van der Waals surface area (Å²) in [5, 5.41) is 3.95. The summed E-state index contributed by atoms with van der Waals surface area (Å²) in [6.45, 7) is -0.242. The van der Waals surface area contributed by atoms with Crippen LogP contribution in [0.25, 0.3) is 11.0 Å². The maximum atomic E-state index is 13.2. The number of amides is 1. The maximum Gasteiger partial charge on any atom is 0.262 e. The number of hydrogen-bond acceptors (Lipinski definition) is 5. The molecule has 31 heavy (non-hydrogen) atoms. The predicted molar refractivity (Wildman–Crippen MR) is 118 cm³/mol. The van der Waals surface area contributed by atoms with Gasteiger partial charge in [-0.15, -0.1) is 0 Å². The molecule has 1 heterocycles. The SMILES string of the molecule is COc1cccc(C(=O)c2oc3ccccc3c2NC(=O)COc2ccc(Cl)cc2)c1. The van der Waals surface area contributed by atoms with Crippen molar-refractivity contribution in [1.29, 1.82) is 0 Å². The van der Waals surface area contributed by atoms with Gasteiger partial charge < -0.3 is 19.2 Å². The summed E-state index contributed by atoms with van der Waals surface area (Å²) in [5.74, 6) is 0.285. The van der Waals surface area contributed by atoms with Crippen LogP contribution in [0.2, 0.25) is 5.02 Å². The summed E-state index contributed by atoms with van der Waals surface area (Å²) in [7, 11) is 1.52. The minimum absolute atomic E-state index is 0.0364. The van der Waals surface area contributed by atoms with Crippen molar-refractivity contribution in [3.63, 3.8) is 0 Å². The summed E-state index contributed by atoms with van der Waals surface area (Å²) in [6, 6.07) is 20.5. The van der Waals surface area contributed by atoms with Gasteiger partial charge in [0, 0.05) is 16.0 Å². The molecule has 0 fully saturated rings. The number of carbonyl (C=O) groups excluding carboxylic acids is 2. The van der Waals surface area contributed by atoms with Crippen LogP contribution in [0.15, 0.2) is 77.2 Å². The topological polar surface area (TPSA) is 77.8 Å². The minimum Gasteiger partial charge on any atom is -0.497 e. The van der Waals surface area contributed by atoms with Crippen LogP contribution in [0.5, 0.6) is 11.5 Å². The van der Waals surface area contributed by atoms with E-state index >= 15 is 0 Å². The van der Waals surface area contributed by atoms with Gasteiger partial charge in [0.1, 0.15) is 17.1 Å². The molecule has 0 saturated carbocycles. The number of benzene rings is 3. The number of ether oxygens (including phenoxy) is 2. The second-order valence-corrected chi connectivity index (χ2v) is 7.09. The number of methoxy groups -OCH3 is 1. The highest BCUT2D eigenvalue weighted by atomic mass is 35.5. The highest BCUT2D eigenvalue weighted by Gasteiger charge is 2.23. The second kappa shape index (κ2) is 8.93. The lowest BCUT2D eigenvalue weighted by Crippen LogP contribution is -2.21. The Hall–Kier alpha value is -3.77. The quantitative estimate of drug-likeness (QED) is 0.396. The molecule has 1 N–H and O–H groups in total. The van der Waals surface area contributed by atoms with Crippen LogP contribution in [-0.4, -0.2) is 25.4 Å². The molecule has 1 aromatic heterocycles. The number of nitrogens with one attached hydrogen (secondary N) is 1. The van der Waals surface area contributed by atoms with E-state index in [0.29, 0.717) is 38.7 Å². The standard InChI is InChI=1S/C24H18ClNO5/c1-29-18-6-4-5-15(13-18)23(28)24-22(19-7-2-3-8-20(19)31-24)26-21(27)14-30-17-11-9-16(25)10-12-17/h2-13H,14H2,1H3,(H,26,27). The number of fused-ring (bicyclic) bond motifs is 1. The van der Waals surface area contributed by atoms with Crippen LogP contribution in [0.3, 0.4) is 0 Å². The van der Waals surface area contributed by atoms with Gasteiger partial charge in [-0.25, -0.2) is 0 Å². The molecule has 0 saturated heterocycles. The monoisotopic (exact) mass is 435 g/mol. The number of halogens is 1. The van der Waals surface area contributed by atoms with E-state index in [1.54, 1.807) is 72.8 Å². The molecule has 0 atom stereocenters. The number of ketones is 1. The Kier molecular flexibility index (Phi) is 5.91. The molecule has 0 unspecified atom stereocenters. The molecule has 0 aliphatic heterocycles. The smallest absolute Gasteiger partial charge is 0.262 e. The molecule has 0 bridgehead atoms. The Labute approximate surface area is 183 Å². The maximum absolute atomic E-state index is 13.2. The van der Waals surface area contributed by atoms with E-state index in [-0.39, 0.29) is 18.2 Å². The molecular formula is C24H18ClNO5. The van der Waals surface area contributed by atoms with Crippen LogP contribution >= 0.6 is 11.6 Å². The Bertz CT molecular complexity index is 1250. The summed E-state index contributed by atoms with van der Waals surface area (Å²) >= 11 is 5.86. The normalized spacial score (nSPS) is 10.6. The van der Waals surface area contributed by atoms with E-state index in [1.165, 1.54) is 7.11 Å². The molecule has 7 heteroatoms. The van der Waals surface area contributed by atoms with Crippen molar-refractivity contribution in [3.05, 3.63) is 89.1 Å². The van der Waals surface area contributed by atoms with Crippen molar-refractivity contribution < 1.29 is 23.5 Å². The number of anilines is 1. The minimum atomic E-state index is -0.429. The first-order valence-corrected chi connectivity index (χ1v) is 9.81. The molecule has 1 amide bonds. The third-order valence-electron chi connectivity index (χ3n) is 4.58. The Morgan fingerprint density at radius 2 is 1.74 bits per heavy atom. The first-order valence-electron chi connectivity index (χ1n) is 9.43. The summed E-state index contributed by atoms with van der Waals surface area (Å²) in [4.78, 5) is 25.7. The number of para-hydroxylation sites is 1. The van der Waals surface area contributed by atoms with Gasteiger partial charge in [0.2, 0.25) is 5.78 Å². The van der Waals surface area contributed by atoms with Gasteiger partial charge in [0.05, 0.1) is 12.8 Å². The molecule has 0 spiro atoms. The first kappa shape index (κ1) is 20.5. The molecule has 0 aliphatic rings. The van der Waals surface area contributed by atoms with Gasteiger partial charge in [-0.2, -0.15) is 0 Å². The number of hydrogen-bond donors (Lipinski definition) is 1. The van der Waals surface area contributed by atoms with Crippen molar-refractivity contribution in [2.24, 2.45) is 0 Å². The Morgan fingerprint density at radius 1 is 0.968 bits per heavy atom. The molecule has 3 aromatic carbocycles. The van der Waals surface area contributed by atoms with Crippen LogP contribution < -0.4 is 14.8 Å². The van der Waals surface area contributed by atoms with Crippen LogP contribution in [-0.2, 0) is 4.79 Å². The summed E-state index contributed by atoms with van der Waals surface area (Å²) in [5.41, 5.74) is 1.17. The highest BCUT2D eigenvalue weighted by molar-refractivity contribution is 6.30. The van der Waals surface area contributed by atoms with Gasteiger partial charge in [-0.05, 0) is 48.5 Å². The van der Waals surface area contributed by atoms with Gasteiger partial charge in [0.15, 0.2) is 12.4 Å². The van der Waals surface area contributed by atoms with Gasteiger partial charge in [-0.3, -0.25) is 9.59 Å². The fourth-order valence-corrected chi connectivity index (χ4v) is 3.21. The van der Waals surface area contributed by atoms with Crippen molar-refractivity contribution in [2.45, 2.75) is 0 Å². The Balaban J connectivity index is 1.61. The third kappa shape index (κ3) is 4.54. The van der Waals surface area contributed by atoms with Crippen molar-refractivity contribution in [3.8, 4) is 11.5 Å². The molecule has 156 valence electrons. The lowest BCUT2D eigenvalue weighted by atomic mass is 10.1. The fraction of sp³-hybridized carbons (Fsp3) is 0.0833. The van der Waals surface area contributed by atoms with Crippen molar-refractivity contribution >= 4 is 39.9 Å². The van der Waals surface area contributed by atoms with Gasteiger partial charge in [-0.1, -0.05) is 35.9 Å². The lowest BCUT2D eigenvalue weighted by Gasteiger charge is -2.08. The zero-order chi connectivity index (χ0) is 21.8. The largest absolute Gasteiger partial charge is 0.497 e. The van der Waals surface area contributed by atoms with Crippen LogP contribution in [0.1, 0.15) is 16.1 Å². The predicted octanol–water partition coefficient (Wildman–Crippen LogP) is 5.34. The average molecular weight is 436 g/mol. The number of furan rings is 1. The highest BCUT2D eigenvalue weighted by Crippen LogP contribution is 2.33. The van der Waals surface area contributed by atoms with E-state index in [0.717, 1.165) is 0 Å². The Morgan fingerprint density at radius 3 is 2.52 bits per heavy atom. The first-order chi connectivity index (χ1) is 15.0. The van der Waals surface area contributed by atoms with Gasteiger partial charge in [0.25, 0.3) is 5.91 Å². The zero-order valence-electron chi connectivity index (χ0n) is 16.6. The van der Waals surface area contributed by atoms with Crippen molar-refractivity contribution in [1.82, 2.24) is 0 Å². The third-order valence-corrected chi connectivity index (χ3v) is 4.83. The van der Waals surface area contributed by atoms with Crippen molar-refractivity contribution in [2.75, 3.05) is 19.0 Å². The molecular weight excluding hydrogens is 418 g/mol. The van der Waals surface area contributed by atoms with E-state index < -0.39 is 5.91 Å². The summed E-state index contributed by atoms with van der Waals surface area (Å²) in [6.07, 6.45) is 0. The number of carbonyl (C=O) groups is 2. The van der Waals surface area contributed by atoms with E-state index in [1.807, 2.05) is 0 Å². The zero-order valence-corrected chi connectivity index (χ0v) is 17.3. The molecule has 4 rings (SSSR count). The van der Waals surface area contributed by atoms with E-state index in [4.69, 9.17) is 25.5 Å². The molecule has 0 aliphatic carbocycles. The van der Waals surface area contributed by atoms with Crippen LogP contribution in [0.4, 0.5) is 5.69 Å².